The molecular formula is C17H22N2O6S2. The molecule has 0 heterocycles. The van der Waals surface area contributed by atoms with E-state index in [1.54, 1.807) is 0 Å². The predicted molar refractivity (Wildman–Crippen MR) is 100 cm³/mol. The van der Waals surface area contributed by atoms with Crippen molar-refractivity contribution in [3.63, 3.8) is 0 Å². The fraction of sp³-hybridized carbons (Fsp3) is 0.294. The van der Waals surface area contributed by atoms with Crippen LogP contribution in [0.2, 0.25) is 0 Å². The molecule has 0 aliphatic heterocycles. The molecule has 0 bridgehead atoms. The zero-order valence-electron chi connectivity index (χ0n) is 14.8. The first kappa shape index (κ1) is 21.3. The van der Waals surface area contributed by atoms with Crippen molar-refractivity contribution in [2.75, 3.05) is 20.3 Å². The van der Waals surface area contributed by atoms with Crippen molar-refractivity contribution in [3.05, 3.63) is 54.1 Å². The van der Waals surface area contributed by atoms with E-state index in [0.29, 0.717) is 19.6 Å². The van der Waals surface area contributed by atoms with Gasteiger partial charge in [-0.3, -0.25) is 0 Å². The van der Waals surface area contributed by atoms with Gasteiger partial charge in [-0.05, 0) is 24.1 Å². The van der Waals surface area contributed by atoms with Gasteiger partial charge in [-0.25, -0.2) is 26.7 Å². The van der Waals surface area contributed by atoms with Crippen molar-refractivity contribution < 1.29 is 26.3 Å². The first-order chi connectivity index (χ1) is 12.7. The molecule has 2 aromatic carbocycles. The number of primary sulfonamides is 1. The minimum Gasteiger partial charge on any atom is -0.495 e. The summed E-state index contributed by atoms with van der Waals surface area (Å²) in [5, 5.41) is 5.07. The van der Waals surface area contributed by atoms with Gasteiger partial charge in [-0.15, -0.1) is 0 Å². The number of benzene rings is 2. The molecule has 0 spiro atoms. The molecule has 27 heavy (non-hydrogen) atoms. The monoisotopic (exact) mass is 414 g/mol. The van der Waals surface area contributed by atoms with Crippen molar-refractivity contribution in [2.24, 2.45) is 5.14 Å². The Labute approximate surface area is 159 Å². The Balaban J connectivity index is 1.89. The third-order valence-corrected chi connectivity index (χ3v) is 6.03. The molecule has 0 amide bonds. The lowest BCUT2D eigenvalue weighted by Crippen LogP contribution is -2.26. The van der Waals surface area contributed by atoms with Gasteiger partial charge in [0, 0.05) is 19.2 Å². The first-order valence-corrected chi connectivity index (χ1v) is 11.1. The summed E-state index contributed by atoms with van der Waals surface area (Å²) in [6, 6.07) is 13.0. The van der Waals surface area contributed by atoms with E-state index in [1.165, 1.54) is 7.11 Å². The van der Waals surface area contributed by atoms with Gasteiger partial charge in [0.05, 0.1) is 18.6 Å². The zero-order valence-corrected chi connectivity index (χ0v) is 16.4. The van der Waals surface area contributed by atoms with Crippen LogP contribution in [-0.4, -0.2) is 37.1 Å². The third-order valence-electron chi connectivity index (χ3n) is 3.62. The first-order valence-electron chi connectivity index (χ1n) is 8.06. The number of nitrogens with one attached hydrogen (secondary N) is 1. The fourth-order valence-electron chi connectivity index (χ4n) is 2.28. The third kappa shape index (κ3) is 6.29. The number of sulfonamides is 2. The Bertz CT molecular complexity index is 960. The standard InChI is InChI=1S/C17H22N2O6S2/c1-24-16-12-15(8-9-17(16)26(18,20)21)27(22,23)19-10-5-11-25-13-14-6-3-2-4-7-14/h2-4,6-9,12,19H,5,10-11,13H2,1H3,(H2,18,20,21). The molecule has 0 aliphatic carbocycles. The van der Waals surface area contributed by atoms with Gasteiger partial charge < -0.3 is 9.47 Å². The summed E-state index contributed by atoms with van der Waals surface area (Å²) in [4.78, 5) is -0.393. The maximum Gasteiger partial charge on any atom is 0.241 e. The summed E-state index contributed by atoms with van der Waals surface area (Å²) < 4.78 is 60.5. The highest BCUT2D eigenvalue weighted by molar-refractivity contribution is 7.89. The van der Waals surface area contributed by atoms with Crippen LogP contribution >= 0.6 is 0 Å². The van der Waals surface area contributed by atoms with E-state index in [0.717, 1.165) is 23.8 Å². The smallest absolute Gasteiger partial charge is 0.241 e. The highest BCUT2D eigenvalue weighted by Crippen LogP contribution is 2.25. The summed E-state index contributed by atoms with van der Waals surface area (Å²) in [5.74, 6) is -0.133. The van der Waals surface area contributed by atoms with E-state index >= 15 is 0 Å². The second-order valence-electron chi connectivity index (χ2n) is 5.65. The molecule has 10 heteroatoms. The number of hydrogen-bond acceptors (Lipinski definition) is 6. The van der Waals surface area contributed by atoms with Crippen LogP contribution in [0, 0.1) is 0 Å². The molecule has 0 saturated heterocycles. The van der Waals surface area contributed by atoms with Crippen LogP contribution in [0.15, 0.2) is 58.3 Å². The molecule has 0 saturated carbocycles. The molecule has 2 aromatic rings. The van der Waals surface area contributed by atoms with Gasteiger partial charge in [0.25, 0.3) is 0 Å². The zero-order chi connectivity index (χ0) is 19.9. The molecule has 0 aromatic heterocycles. The summed E-state index contributed by atoms with van der Waals surface area (Å²) in [5.41, 5.74) is 1.04. The SMILES string of the molecule is COc1cc(S(=O)(=O)NCCCOCc2ccccc2)ccc1S(N)(=O)=O. The predicted octanol–water partition coefficient (Wildman–Crippen LogP) is 1.23. The molecule has 0 fully saturated rings. The van der Waals surface area contributed by atoms with Crippen molar-refractivity contribution in [1.82, 2.24) is 4.72 Å². The topological polar surface area (TPSA) is 125 Å². The van der Waals surface area contributed by atoms with E-state index in [1.807, 2.05) is 30.3 Å². The second kappa shape index (κ2) is 9.29. The molecule has 0 unspecified atom stereocenters. The van der Waals surface area contributed by atoms with E-state index < -0.39 is 20.0 Å². The number of nitrogens with two attached hydrogens (primary N) is 1. The maximum absolute atomic E-state index is 12.3. The lowest BCUT2D eigenvalue weighted by molar-refractivity contribution is 0.119. The van der Waals surface area contributed by atoms with Gasteiger partial charge in [0.2, 0.25) is 20.0 Å². The van der Waals surface area contributed by atoms with Crippen LogP contribution in [0.3, 0.4) is 0 Å². The van der Waals surface area contributed by atoms with Crippen LogP contribution in [0.25, 0.3) is 0 Å². The van der Waals surface area contributed by atoms with Crippen LogP contribution < -0.4 is 14.6 Å². The number of methoxy groups -OCH3 is 1. The normalized spacial score (nSPS) is 12.1. The van der Waals surface area contributed by atoms with Crippen LogP contribution in [0.4, 0.5) is 0 Å². The molecule has 0 aliphatic rings. The Morgan fingerprint density at radius 3 is 2.37 bits per heavy atom. The summed E-state index contributed by atoms with van der Waals surface area (Å²) in [7, 11) is -6.60. The van der Waals surface area contributed by atoms with Crippen molar-refractivity contribution >= 4 is 20.0 Å². The van der Waals surface area contributed by atoms with Gasteiger partial charge in [-0.2, -0.15) is 0 Å². The van der Waals surface area contributed by atoms with Gasteiger partial charge in [0.1, 0.15) is 10.6 Å². The highest BCUT2D eigenvalue weighted by atomic mass is 32.2. The molecule has 0 atom stereocenters. The Hall–Kier alpha value is -1.98. The van der Waals surface area contributed by atoms with E-state index in [-0.39, 0.29) is 22.1 Å². The number of hydrogen-bond donors (Lipinski definition) is 2. The molecule has 8 nitrogen and oxygen atoms in total. The largest absolute Gasteiger partial charge is 0.495 e. The van der Waals surface area contributed by atoms with Crippen LogP contribution in [0.1, 0.15) is 12.0 Å². The summed E-state index contributed by atoms with van der Waals surface area (Å²) in [6.07, 6.45) is 0.485. The van der Waals surface area contributed by atoms with Gasteiger partial charge in [-0.1, -0.05) is 30.3 Å². The van der Waals surface area contributed by atoms with Crippen molar-refractivity contribution in [1.29, 1.82) is 0 Å². The highest BCUT2D eigenvalue weighted by Gasteiger charge is 2.20. The van der Waals surface area contributed by atoms with Crippen molar-refractivity contribution in [3.8, 4) is 5.75 Å². The molecule has 148 valence electrons. The number of ether oxygens (including phenoxy) is 2. The van der Waals surface area contributed by atoms with Crippen molar-refractivity contribution in [2.45, 2.75) is 22.8 Å². The average Bonchev–Trinajstić information content (AvgIpc) is 2.64. The Morgan fingerprint density at radius 2 is 1.74 bits per heavy atom. The molecule has 3 N–H and O–H groups in total. The summed E-state index contributed by atoms with van der Waals surface area (Å²) in [6.45, 7) is 1.03. The second-order valence-corrected chi connectivity index (χ2v) is 8.94. The average molecular weight is 415 g/mol. The summed E-state index contributed by atoms with van der Waals surface area (Å²) >= 11 is 0. The lowest BCUT2D eigenvalue weighted by atomic mass is 10.2. The van der Waals surface area contributed by atoms with Gasteiger partial charge >= 0.3 is 0 Å². The Kier molecular flexibility index (Phi) is 7.33. The minimum atomic E-state index is -4.01. The fourth-order valence-corrected chi connectivity index (χ4v) is 4.05. The van der Waals surface area contributed by atoms with E-state index in [2.05, 4.69) is 4.72 Å². The number of rotatable bonds is 10. The lowest BCUT2D eigenvalue weighted by Gasteiger charge is -2.11. The minimum absolute atomic E-state index is 0.114. The Morgan fingerprint density at radius 1 is 1.04 bits per heavy atom. The molecular weight excluding hydrogens is 392 g/mol. The van der Waals surface area contributed by atoms with Gasteiger partial charge in [0.15, 0.2) is 0 Å². The quantitative estimate of drug-likeness (QED) is 0.563. The van der Waals surface area contributed by atoms with E-state index in [4.69, 9.17) is 14.6 Å². The van der Waals surface area contributed by atoms with Crippen LogP contribution in [0.5, 0.6) is 5.75 Å². The molecule has 2 rings (SSSR count). The molecule has 0 radical (unpaired) electrons. The maximum atomic E-state index is 12.3. The van der Waals surface area contributed by atoms with E-state index in [9.17, 15) is 16.8 Å². The van der Waals surface area contributed by atoms with Crippen LogP contribution in [-0.2, 0) is 31.4 Å².